The molecule has 14 heavy (non-hydrogen) atoms. The van der Waals surface area contributed by atoms with Crippen molar-refractivity contribution in [2.75, 3.05) is 23.9 Å². The van der Waals surface area contributed by atoms with E-state index in [0.29, 0.717) is 10.9 Å². The molecule has 1 atom stereocenters. The summed E-state index contributed by atoms with van der Waals surface area (Å²) < 4.78 is 0. The van der Waals surface area contributed by atoms with Gasteiger partial charge in [0.15, 0.2) is 0 Å². The summed E-state index contributed by atoms with van der Waals surface area (Å²) >= 11 is 11.6. The van der Waals surface area contributed by atoms with E-state index in [1.54, 1.807) is 6.20 Å². The van der Waals surface area contributed by atoms with Gasteiger partial charge in [0.2, 0.25) is 0 Å². The highest BCUT2D eigenvalue weighted by atomic mass is 35.5. The van der Waals surface area contributed by atoms with Crippen LogP contribution < -0.4 is 4.90 Å². The van der Waals surface area contributed by atoms with Gasteiger partial charge in [0.1, 0.15) is 5.82 Å². The van der Waals surface area contributed by atoms with Gasteiger partial charge in [0.05, 0.1) is 5.02 Å². The van der Waals surface area contributed by atoms with Gasteiger partial charge in [0.25, 0.3) is 0 Å². The number of nitrogens with zero attached hydrogens (tertiary/aromatic N) is 2. The zero-order valence-electron chi connectivity index (χ0n) is 7.79. The number of pyridine rings is 1. The average molecular weight is 231 g/mol. The molecule has 2 nitrogen and oxygen atoms in total. The van der Waals surface area contributed by atoms with Gasteiger partial charge in [-0.3, -0.25) is 0 Å². The maximum Gasteiger partial charge on any atom is 0.128 e. The lowest BCUT2D eigenvalue weighted by Crippen LogP contribution is -2.20. The molecule has 1 saturated heterocycles. The van der Waals surface area contributed by atoms with Gasteiger partial charge in [-0.25, -0.2) is 4.98 Å². The van der Waals surface area contributed by atoms with Crippen molar-refractivity contribution in [3.8, 4) is 0 Å². The van der Waals surface area contributed by atoms with Gasteiger partial charge in [-0.15, -0.1) is 11.6 Å². The first-order chi connectivity index (χ1) is 6.79. The van der Waals surface area contributed by atoms with E-state index >= 15 is 0 Å². The van der Waals surface area contributed by atoms with Crippen molar-refractivity contribution in [3.63, 3.8) is 0 Å². The number of anilines is 1. The maximum atomic E-state index is 5.82. The first kappa shape index (κ1) is 10.1. The van der Waals surface area contributed by atoms with Crippen molar-refractivity contribution in [1.82, 2.24) is 4.98 Å². The Labute approximate surface area is 93.8 Å². The standard InChI is InChI=1S/C10H12Cl2N2/c11-5-8-3-4-14(7-8)10-2-1-9(12)6-13-10/h1-2,6,8H,3-5,7H2. The minimum absolute atomic E-state index is 0.606. The van der Waals surface area contributed by atoms with Crippen molar-refractivity contribution in [2.24, 2.45) is 5.92 Å². The van der Waals surface area contributed by atoms with Crippen molar-refractivity contribution in [2.45, 2.75) is 6.42 Å². The third kappa shape index (κ3) is 2.12. The second-order valence-corrected chi connectivity index (χ2v) is 4.33. The summed E-state index contributed by atoms with van der Waals surface area (Å²) in [6.07, 6.45) is 2.85. The maximum absolute atomic E-state index is 5.82. The topological polar surface area (TPSA) is 16.1 Å². The van der Waals surface area contributed by atoms with Crippen LogP contribution in [0.15, 0.2) is 18.3 Å². The largest absolute Gasteiger partial charge is 0.356 e. The quantitative estimate of drug-likeness (QED) is 0.727. The third-order valence-electron chi connectivity index (χ3n) is 2.54. The zero-order valence-corrected chi connectivity index (χ0v) is 9.30. The molecule has 76 valence electrons. The fourth-order valence-electron chi connectivity index (χ4n) is 1.72. The van der Waals surface area contributed by atoms with Crippen LogP contribution in [0.4, 0.5) is 5.82 Å². The smallest absolute Gasteiger partial charge is 0.128 e. The Morgan fingerprint density at radius 2 is 2.36 bits per heavy atom. The molecule has 0 aliphatic carbocycles. The van der Waals surface area contributed by atoms with Crippen LogP contribution in [0.5, 0.6) is 0 Å². The van der Waals surface area contributed by atoms with Crippen molar-refractivity contribution in [1.29, 1.82) is 0 Å². The summed E-state index contributed by atoms with van der Waals surface area (Å²) in [5.41, 5.74) is 0. The molecule has 1 unspecified atom stereocenters. The third-order valence-corrected chi connectivity index (χ3v) is 3.20. The molecular formula is C10H12Cl2N2. The molecule has 4 heteroatoms. The molecule has 0 bridgehead atoms. The Bertz CT molecular complexity index is 299. The van der Waals surface area contributed by atoms with Gasteiger partial charge in [-0.1, -0.05) is 11.6 Å². The van der Waals surface area contributed by atoms with E-state index < -0.39 is 0 Å². The molecule has 0 spiro atoms. The van der Waals surface area contributed by atoms with Crippen LogP contribution in [-0.2, 0) is 0 Å². The molecule has 0 aromatic carbocycles. The molecule has 0 N–H and O–H groups in total. The van der Waals surface area contributed by atoms with Crippen LogP contribution in [-0.4, -0.2) is 24.0 Å². The normalized spacial score (nSPS) is 21.6. The summed E-state index contributed by atoms with van der Waals surface area (Å²) in [5, 5.41) is 0.682. The van der Waals surface area contributed by atoms with E-state index in [4.69, 9.17) is 23.2 Å². The lowest BCUT2D eigenvalue weighted by molar-refractivity contribution is 0.666. The lowest BCUT2D eigenvalue weighted by atomic mass is 10.2. The van der Waals surface area contributed by atoms with Crippen LogP contribution in [0.3, 0.4) is 0 Å². The predicted octanol–water partition coefficient (Wildman–Crippen LogP) is 2.80. The zero-order chi connectivity index (χ0) is 9.97. The SMILES string of the molecule is ClCC1CCN(c2ccc(Cl)cn2)C1. The Morgan fingerprint density at radius 3 is 2.93 bits per heavy atom. The summed E-state index contributed by atoms with van der Waals surface area (Å²) in [5.74, 6) is 2.35. The second-order valence-electron chi connectivity index (χ2n) is 3.59. The van der Waals surface area contributed by atoms with Crippen molar-refractivity contribution in [3.05, 3.63) is 23.4 Å². The second kappa shape index (κ2) is 4.37. The van der Waals surface area contributed by atoms with E-state index in [1.807, 2.05) is 12.1 Å². The summed E-state index contributed by atoms with van der Waals surface area (Å²) in [4.78, 5) is 6.53. The molecule has 2 heterocycles. The summed E-state index contributed by atoms with van der Waals surface area (Å²) in [6.45, 7) is 2.06. The Morgan fingerprint density at radius 1 is 1.50 bits per heavy atom. The Kier molecular flexibility index (Phi) is 3.14. The van der Waals surface area contributed by atoms with E-state index in [2.05, 4.69) is 9.88 Å². The number of hydrogen-bond acceptors (Lipinski definition) is 2. The minimum atomic E-state index is 0.606. The molecule has 0 saturated carbocycles. The molecule has 1 aliphatic rings. The first-order valence-corrected chi connectivity index (χ1v) is 5.63. The van der Waals surface area contributed by atoms with Crippen LogP contribution in [0.1, 0.15) is 6.42 Å². The molecule has 0 amide bonds. The molecular weight excluding hydrogens is 219 g/mol. The van der Waals surface area contributed by atoms with E-state index in [1.165, 1.54) is 0 Å². The average Bonchev–Trinajstić information content (AvgIpc) is 2.67. The monoisotopic (exact) mass is 230 g/mol. The minimum Gasteiger partial charge on any atom is -0.356 e. The fourth-order valence-corrected chi connectivity index (χ4v) is 2.09. The lowest BCUT2D eigenvalue weighted by Gasteiger charge is -2.16. The van der Waals surface area contributed by atoms with E-state index in [9.17, 15) is 0 Å². The van der Waals surface area contributed by atoms with Gasteiger partial charge in [-0.05, 0) is 24.5 Å². The van der Waals surface area contributed by atoms with E-state index in [-0.39, 0.29) is 0 Å². The summed E-state index contributed by atoms with van der Waals surface area (Å²) in [7, 11) is 0. The molecule has 1 aromatic rings. The van der Waals surface area contributed by atoms with Gasteiger partial charge >= 0.3 is 0 Å². The van der Waals surface area contributed by atoms with Gasteiger partial charge < -0.3 is 4.90 Å². The number of alkyl halides is 1. The number of aromatic nitrogens is 1. The van der Waals surface area contributed by atoms with Crippen LogP contribution >= 0.6 is 23.2 Å². The Hall–Kier alpha value is -0.470. The number of hydrogen-bond donors (Lipinski definition) is 0. The highest BCUT2D eigenvalue weighted by molar-refractivity contribution is 6.30. The number of rotatable bonds is 2. The van der Waals surface area contributed by atoms with Crippen molar-refractivity contribution < 1.29 is 0 Å². The molecule has 1 aromatic heterocycles. The van der Waals surface area contributed by atoms with E-state index in [0.717, 1.165) is 31.2 Å². The summed E-state index contributed by atoms with van der Waals surface area (Å²) in [6, 6.07) is 3.83. The first-order valence-electron chi connectivity index (χ1n) is 4.72. The number of halogens is 2. The highest BCUT2D eigenvalue weighted by Crippen LogP contribution is 2.23. The van der Waals surface area contributed by atoms with Crippen molar-refractivity contribution >= 4 is 29.0 Å². The molecule has 0 radical (unpaired) electrons. The molecule has 2 rings (SSSR count). The van der Waals surface area contributed by atoms with Crippen LogP contribution in [0.2, 0.25) is 5.02 Å². The van der Waals surface area contributed by atoms with Gasteiger partial charge in [-0.2, -0.15) is 0 Å². The molecule has 1 aliphatic heterocycles. The molecule has 1 fully saturated rings. The highest BCUT2D eigenvalue weighted by Gasteiger charge is 2.22. The van der Waals surface area contributed by atoms with Crippen LogP contribution in [0, 0.1) is 5.92 Å². The Balaban J connectivity index is 2.06. The predicted molar refractivity (Wildman–Crippen MR) is 60.3 cm³/mol. The van der Waals surface area contributed by atoms with Crippen LogP contribution in [0.25, 0.3) is 0 Å². The fraction of sp³-hybridized carbons (Fsp3) is 0.500. The van der Waals surface area contributed by atoms with Gasteiger partial charge in [0, 0.05) is 25.2 Å².